The minimum Gasteiger partial charge on any atom is -0.381 e. The largest absolute Gasteiger partial charge is 0.381 e. The van der Waals surface area contributed by atoms with Crippen LogP contribution in [-0.4, -0.2) is 57.5 Å². The van der Waals surface area contributed by atoms with Crippen LogP contribution in [0.2, 0.25) is 0 Å². The predicted molar refractivity (Wildman–Crippen MR) is 128 cm³/mol. The summed E-state index contributed by atoms with van der Waals surface area (Å²) >= 11 is 0. The lowest BCUT2D eigenvalue weighted by Crippen LogP contribution is -2.46. The first-order chi connectivity index (χ1) is 15.6. The van der Waals surface area contributed by atoms with Gasteiger partial charge in [-0.3, -0.25) is 0 Å². The van der Waals surface area contributed by atoms with Gasteiger partial charge in [-0.15, -0.1) is 0 Å². The van der Waals surface area contributed by atoms with Crippen LogP contribution in [0.4, 0.5) is 0 Å². The van der Waals surface area contributed by atoms with Crippen LogP contribution in [-0.2, 0) is 28.5 Å². The summed E-state index contributed by atoms with van der Waals surface area (Å²) in [5.74, 6) is 1.40. The normalized spacial score (nSPS) is 37.8. The van der Waals surface area contributed by atoms with E-state index in [4.69, 9.17) is 23.7 Å². The molecule has 2 aliphatic carbocycles. The SMILES string of the molecule is CC(C)C(C)(C=O)CC(C)(C)C.COC1CC2CC1C(OC1CCCO1)C2OC1CCCO1. The second kappa shape index (κ2) is 11.5. The van der Waals surface area contributed by atoms with Gasteiger partial charge in [0, 0.05) is 44.5 Å². The maximum absolute atomic E-state index is 10.9. The fourth-order valence-electron chi connectivity index (χ4n) is 6.02. The smallest absolute Gasteiger partial charge is 0.158 e. The number of fused-ring (bicyclic) bond motifs is 2. The standard InChI is InChI=1S/C16H26O5.C11H22O/c1-17-12-9-10-8-11(12)16(21-14-5-3-7-19-14)15(10)20-13-4-2-6-18-13;1-9(2)11(6,8-12)7-10(3,4)5/h10-16H,2-9H2,1H3;8-9H,7H2,1-6H3. The molecule has 0 aromatic heterocycles. The number of carbonyl (C=O) groups is 1. The molecule has 0 aromatic carbocycles. The Kier molecular flexibility index (Phi) is 9.41. The van der Waals surface area contributed by atoms with E-state index < -0.39 is 0 Å². The molecule has 33 heavy (non-hydrogen) atoms. The van der Waals surface area contributed by atoms with Crippen molar-refractivity contribution in [3.05, 3.63) is 0 Å². The van der Waals surface area contributed by atoms with Crippen LogP contribution in [0.25, 0.3) is 0 Å². The van der Waals surface area contributed by atoms with Gasteiger partial charge in [0.25, 0.3) is 0 Å². The Morgan fingerprint density at radius 1 is 0.939 bits per heavy atom. The van der Waals surface area contributed by atoms with E-state index >= 15 is 0 Å². The van der Waals surface area contributed by atoms with Gasteiger partial charge in [0.05, 0.1) is 18.3 Å². The molecule has 4 aliphatic rings. The third-order valence-corrected chi connectivity index (χ3v) is 7.99. The van der Waals surface area contributed by atoms with Crippen LogP contribution in [0.1, 0.15) is 86.5 Å². The molecule has 0 radical (unpaired) electrons. The maximum Gasteiger partial charge on any atom is 0.158 e. The summed E-state index contributed by atoms with van der Waals surface area (Å²) < 4.78 is 29.5. The predicted octanol–water partition coefficient (Wildman–Crippen LogP) is 5.37. The average Bonchev–Trinajstić information content (AvgIpc) is 3.54. The van der Waals surface area contributed by atoms with Gasteiger partial charge in [-0.25, -0.2) is 0 Å². The highest BCUT2D eigenvalue weighted by atomic mass is 16.7. The van der Waals surface area contributed by atoms with Gasteiger partial charge in [0.1, 0.15) is 6.29 Å². The first-order valence-corrected chi connectivity index (χ1v) is 13.1. The Hall–Kier alpha value is -0.530. The highest BCUT2D eigenvalue weighted by Gasteiger charge is 2.56. The lowest BCUT2D eigenvalue weighted by atomic mass is 9.70. The number of hydrogen-bond acceptors (Lipinski definition) is 6. The van der Waals surface area contributed by atoms with Crippen LogP contribution in [0.5, 0.6) is 0 Å². The molecule has 0 N–H and O–H groups in total. The van der Waals surface area contributed by atoms with Crippen molar-refractivity contribution < 1.29 is 28.5 Å². The summed E-state index contributed by atoms with van der Waals surface area (Å²) in [5, 5.41) is 0. The van der Waals surface area contributed by atoms with E-state index in [9.17, 15) is 4.79 Å². The molecule has 8 unspecified atom stereocenters. The lowest BCUT2D eigenvalue weighted by molar-refractivity contribution is -0.236. The first-order valence-electron chi connectivity index (χ1n) is 13.1. The summed E-state index contributed by atoms with van der Waals surface area (Å²) in [5.41, 5.74) is 0.0815. The summed E-state index contributed by atoms with van der Waals surface area (Å²) in [7, 11) is 1.81. The molecule has 2 saturated carbocycles. The molecule has 0 amide bonds. The number of methoxy groups -OCH3 is 1. The Bertz CT molecular complexity index is 604. The second-order valence-electron chi connectivity index (χ2n) is 12.3. The summed E-state index contributed by atoms with van der Waals surface area (Å²) in [4.78, 5) is 10.9. The first kappa shape index (κ1) is 27.1. The Morgan fingerprint density at radius 2 is 1.52 bits per heavy atom. The van der Waals surface area contributed by atoms with Crippen molar-refractivity contribution in [1.82, 2.24) is 0 Å². The third kappa shape index (κ3) is 7.00. The summed E-state index contributed by atoms with van der Waals surface area (Å²) in [6, 6.07) is 0. The van der Waals surface area contributed by atoms with E-state index in [2.05, 4.69) is 41.5 Å². The summed E-state index contributed by atoms with van der Waals surface area (Å²) in [6.45, 7) is 14.4. The molecule has 192 valence electrons. The Balaban J connectivity index is 0.000000221. The van der Waals surface area contributed by atoms with E-state index in [0.29, 0.717) is 23.9 Å². The Labute approximate surface area is 201 Å². The van der Waals surface area contributed by atoms with E-state index in [-0.39, 0.29) is 35.6 Å². The zero-order valence-corrected chi connectivity index (χ0v) is 22.0. The van der Waals surface area contributed by atoms with E-state index in [1.165, 1.54) is 0 Å². The molecule has 6 nitrogen and oxygen atoms in total. The van der Waals surface area contributed by atoms with Crippen LogP contribution in [0, 0.1) is 28.6 Å². The molecule has 6 heteroatoms. The van der Waals surface area contributed by atoms with Gasteiger partial charge in [0.15, 0.2) is 12.6 Å². The molecule has 2 aliphatic heterocycles. The molecule has 0 aromatic rings. The van der Waals surface area contributed by atoms with Crippen molar-refractivity contribution in [1.29, 1.82) is 0 Å². The van der Waals surface area contributed by atoms with Crippen LogP contribution < -0.4 is 0 Å². The van der Waals surface area contributed by atoms with E-state index in [1.807, 2.05) is 7.11 Å². The maximum atomic E-state index is 10.9. The van der Waals surface area contributed by atoms with Gasteiger partial charge in [-0.1, -0.05) is 41.5 Å². The molecule has 2 heterocycles. The molecule has 4 rings (SSSR count). The van der Waals surface area contributed by atoms with Crippen molar-refractivity contribution >= 4 is 6.29 Å². The van der Waals surface area contributed by atoms with Gasteiger partial charge in [-0.2, -0.15) is 0 Å². The second-order valence-corrected chi connectivity index (χ2v) is 12.3. The molecule has 2 bridgehead atoms. The monoisotopic (exact) mass is 468 g/mol. The number of aldehydes is 1. The van der Waals surface area contributed by atoms with Crippen molar-refractivity contribution in [3.63, 3.8) is 0 Å². The molecular formula is C27H48O6. The van der Waals surface area contributed by atoms with Crippen molar-refractivity contribution in [2.75, 3.05) is 20.3 Å². The minimum absolute atomic E-state index is 0.0362. The number of hydrogen-bond donors (Lipinski definition) is 0. The van der Waals surface area contributed by atoms with Crippen molar-refractivity contribution in [3.8, 4) is 0 Å². The van der Waals surface area contributed by atoms with Gasteiger partial charge < -0.3 is 28.5 Å². The van der Waals surface area contributed by atoms with Crippen LogP contribution in [0.3, 0.4) is 0 Å². The molecule has 4 fully saturated rings. The van der Waals surface area contributed by atoms with Gasteiger partial charge >= 0.3 is 0 Å². The molecule has 0 spiro atoms. The number of rotatable bonds is 8. The van der Waals surface area contributed by atoms with Gasteiger partial charge in [0.2, 0.25) is 0 Å². The fourth-order valence-corrected chi connectivity index (χ4v) is 6.02. The lowest BCUT2D eigenvalue weighted by Gasteiger charge is -2.37. The fraction of sp³-hybridized carbons (Fsp3) is 0.963. The highest BCUT2D eigenvalue weighted by Crippen LogP contribution is 2.50. The van der Waals surface area contributed by atoms with Crippen molar-refractivity contribution in [2.24, 2.45) is 28.6 Å². The van der Waals surface area contributed by atoms with Crippen LogP contribution in [0.15, 0.2) is 0 Å². The number of ether oxygens (including phenoxy) is 5. The zero-order valence-electron chi connectivity index (χ0n) is 22.0. The molecule has 8 atom stereocenters. The third-order valence-electron chi connectivity index (χ3n) is 7.99. The van der Waals surface area contributed by atoms with E-state index in [0.717, 1.165) is 64.4 Å². The van der Waals surface area contributed by atoms with E-state index in [1.54, 1.807) is 0 Å². The molecule has 2 saturated heterocycles. The summed E-state index contributed by atoms with van der Waals surface area (Å²) in [6.07, 6.45) is 8.97. The number of carbonyl (C=O) groups excluding carboxylic acids is 1. The molecular weight excluding hydrogens is 420 g/mol. The quantitative estimate of drug-likeness (QED) is 0.446. The zero-order chi connectivity index (χ0) is 24.2. The minimum atomic E-state index is -0.155. The average molecular weight is 469 g/mol. The van der Waals surface area contributed by atoms with Crippen molar-refractivity contribution in [2.45, 2.75) is 117 Å². The Morgan fingerprint density at radius 3 is 1.91 bits per heavy atom. The van der Waals surface area contributed by atoms with Gasteiger partial charge in [-0.05, 0) is 49.4 Å². The topological polar surface area (TPSA) is 63.2 Å². The van der Waals surface area contributed by atoms with Crippen LogP contribution >= 0.6 is 0 Å². The highest BCUT2D eigenvalue weighted by molar-refractivity contribution is 5.59.